The Balaban J connectivity index is 2.58. The van der Waals surface area contributed by atoms with E-state index in [9.17, 15) is 18.0 Å². The Morgan fingerprint density at radius 3 is 2.47 bits per heavy atom. The molecule has 0 amide bonds. The third kappa shape index (κ3) is 3.84. The summed E-state index contributed by atoms with van der Waals surface area (Å²) in [6.07, 6.45) is -3.65. The fraction of sp³-hybridized carbons (Fsp3) is 0.909. The van der Waals surface area contributed by atoms with Gasteiger partial charge in [-0.25, -0.2) is 0 Å². The number of halogens is 3. The monoisotopic (exact) mass is 222 g/mol. The van der Waals surface area contributed by atoms with Gasteiger partial charge < -0.3 is 0 Å². The van der Waals surface area contributed by atoms with Gasteiger partial charge in [0.15, 0.2) is 0 Å². The van der Waals surface area contributed by atoms with Crippen molar-refractivity contribution in [3.63, 3.8) is 0 Å². The molecule has 0 radical (unpaired) electrons. The molecule has 0 N–H and O–H groups in total. The molecule has 2 atom stereocenters. The Hall–Kier alpha value is -0.540. The van der Waals surface area contributed by atoms with Crippen LogP contribution in [0.3, 0.4) is 0 Å². The molecule has 0 heterocycles. The number of alkyl halides is 3. The standard InChI is InChI=1S/C11H17F3O/c1-7(2)8-3-4-10(15)9(5-8)6-11(12,13)14/h7-9H,3-6H2,1-2H3. The van der Waals surface area contributed by atoms with E-state index >= 15 is 0 Å². The van der Waals surface area contributed by atoms with E-state index < -0.39 is 18.5 Å². The molecule has 0 spiro atoms. The third-order valence-electron chi connectivity index (χ3n) is 3.22. The van der Waals surface area contributed by atoms with Crippen molar-refractivity contribution in [2.45, 2.75) is 45.7 Å². The molecule has 0 aromatic rings. The van der Waals surface area contributed by atoms with Crippen molar-refractivity contribution in [1.82, 2.24) is 0 Å². The number of rotatable bonds is 2. The van der Waals surface area contributed by atoms with Crippen LogP contribution >= 0.6 is 0 Å². The van der Waals surface area contributed by atoms with Crippen molar-refractivity contribution in [1.29, 1.82) is 0 Å². The van der Waals surface area contributed by atoms with Crippen LogP contribution in [0.1, 0.15) is 39.5 Å². The fourth-order valence-corrected chi connectivity index (χ4v) is 2.23. The average Bonchev–Trinajstić information content (AvgIpc) is 2.06. The van der Waals surface area contributed by atoms with Gasteiger partial charge >= 0.3 is 6.18 Å². The smallest absolute Gasteiger partial charge is 0.299 e. The molecule has 1 aliphatic carbocycles. The minimum Gasteiger partial charge on any atom is -0.299 e. The molecule has 4 heteroatoms. The minimum absolute atomic E-state index is 0.204. The summed E-state index contributed by atoms with van der Waals surface area (Å²) in [5, 5.41) is 0. The topological polar surface area (TPSA) is 17.1 Å². The van der Waals surface area contributed by atoms with Gasteiger partial charge in [-0.2, -0.15) is 13.2 Å². The van der Waals surface area contributed by atoms with Crippen molar-refractivity contribution >= 4 is 5.78 Å². The SMILES string of the molecule is CC(C)C1CCC(=O)C(CC(F)(F)F)C1. The van der Waals surface area contributed by atoms with E-state index in [4.69, 9.17) is 0 Å². The normalized spacial score (nSPS) is 28.5. The Labute approximate surface area is 88.0 Å². The molecule has 1 rings (SSSR count). The zero-order valence-electron chi connectivity index (χ0n) is 9.10. The first-order chi connectivity index (χ1) is 6.79. The molecule has 0 aromatic carbocycles. The highest BCUT2D eigenvalue weighted by Crippen LogP contribution is 2.37. The molecule has 0 saturated heterocycles. The maximum atomic E-state index is 12.2. The van der Waals surface area contributed by atoms with Crippen molar-refractivity contribution in [3.8, 4) is 0 Å². The molecule has 2 unspecified atom stereocenters. The zero-order chi connectivity index (χ0) is 11.6. The molecular weight excluding hydrogens is 205 g/mol. The van der Waals surface area contributed by atoms with Crippen molar-refractivity contribution < 1.29 is 18.0 Å². The second kappa shape index (κ2) is 4.54. The third-order valence-corrected chi connectivity index (χ3v) is 3.22. The highest BCUT2D eigenvalue weighted by atomic mass is 19.4. The molecule has 0 aliphatic heterocycles. The first kappa shape index (κ1) is 12.5. The molecule has 1 aliphatic rings. The lowest BCUT2D eigenvalue weighted by molar-refractivity contribution is -0.157. The molecule has 0 bridgehead atoms. The van der Waals surface area contributed by atoms with Gasteiger partial charge in [-0.1, -0.05) is 13.8 Å². The predicted octanol–water partition coefficient (Wildman–Crippen LogP) is 3.58. The summed E-state index contributed by atoms with van der Waals surface area (Å²) in [5.41, 5.74) is 0. The molecular formula is C11H17F3O. The number of ketones is 1. The van der Waals surface area contributed by atoms with E-state index in [0.29, 0.717) is 18.8 Å². The lowest BCUT2D eigenvalue weighted by Crippen LogP contribution is -2.31. The van der Waals surface area contributed by atoms with E-state index in [-0.39, 0.29) is 11.7 Å². The van der Waals surface area contributed by atoms with E-state index in [2.05, 4.69) is 0 Å². The molecule has 15 heavy (non-hydrogen) atoms. The van der Waals surface area contributed by atoms with Gasteiger partial charge in [0, 0.05) is 12.3 Å². The summed E-state index contributed by atoms with van der Waals surface area (Å²) in [6.45, 7) is 4.01. The van der Waals surface area contributed by atoms with E-state index in [1.807, 2.05) is 13.8 Å². The lowest BCUT2D eigenvalue weighted by Gasteiger charge is -2.31. The highest BCUT2D eigenvalue weighted by molar-refractivity contribution is 5.81. The second-order valence-electron chi connectivity index (χ2n) is 4.76. The van der Waals surface area contributed by atoms with Crippen LogP contribution in [0.25, 0.3) is 0 Å². The Morgan fingerprint density at radius 1 is 1.40 bits per heavy atom. The summed E-state index contributed by atoms with van der Waals surface area (Å²) in [4.78, 5) is 11.3. The van der Waals surface area contributed by atoms with Crippen molar-refractivity contribution in [2.24, 2.45) is 17.8 Å². The fourth-order valence-electron chi connectivity index (χ4n) is 2.23. The lowest BCUT2D eigenvalue weighted by atomic mass is 9.74. The van der Waals surface area contributed by atoms with Gasteiger partial charge in [0.05, 0.1) is 6.42 Å². The molecule has 88 valence electrons. The largest absolute Gasteiger partial charge is 0.389 e. The number of Topliss-reactive ketones (excluding diaryl/α,β-unsaturated/α-hetero) is 1. The van der Waals surface area contributed by atoms with E-state index in [1.54, 1.807) is 0 Å². The molecule has 0 aromatic heterocycles. The van der Waals surface area contributed by atoms with Gasteiger partial charge in [0.25, 0.3) is 0 Å². The van der Waals surface area contributed by atoms with Crippen molar-refractivity contribution in [3.05, 3.63) is 0 Å². The van der Waals surface area contributed by atoms with Gasteiger partial charge in [-0.15, -0.1) is 0 Å². The second-order valence-corrected chi connectivity index (χ2v) is 4.76. The highest BCUT2D eigenvalue weighted by Gasteiger charge is 2.38. The van der Waals surface area contributed by atoms with Crippen LogP contribution in [0.15, 0.2) is 0 Å². The van der Waals surface area contributed by atoms with Crippen LogP contribution in [-0.4, -0.2) is 12.0 Å². The van der Waals surface area contributed by atoms with Gasteiger partial charge in [-0.05, 0) is 24.7 Å². The zero-order valence-corrected chi connectivity index (χ0v) is 9.10. The van der Waals surface area contributed by atoms with Crippen LogP contribution in [0, 0.1) is 17.8 Å². The Bertz CT molecular complexity index is 232. The summed E-state index contributed by atoms with van der Waals surface area (Å²) < 4.78 is 36.6. The van der Waals surface area contributed by atoms with Crippen LogP contribution < -0.4 is 0 Å². The van der Waals surface area contributed by atoms with Gasteiger partial charge in [0.2, 0.25) is 0 Å². The molecule has 1 nitrogen and oxygen atoms in total. The van der Waals surface area contributed by atoms with Gasteiger partial charge in [0.1, 0.15) is 5.78 Å². The van der Waals surface area contributed by atoms with E-state index in [1.165, 1.54) is 0 Å². The van der Waals surface area contributed by atoms with Crippen LogP contribution in [-0.2, 0) is 4.79 Å². The van der Waals surface area contributed by atoms with Gasteiger partial charge in [-0.3, -0.25) is 4.79 Å². The Morgan fingerprint density at radius 2 is 2.00 bits per heavy atom. The summed E-state index contributed by atoms with van der Waals surface area (Å²) in [6, 6.07) is 0. The predicted molar refractivity (Wildman–Crippen MR) is 51.3 cm³/mol. The van der Waals surface area contributed by atoms with E-state index in [0.717, 1.165) is 6.42 Å². The minimum atomic E-state index is -4.21. The van der Waals surface area contributed by atoms with Crippen LogP contribution in [0.2, 0.25) is 0 Å². The summed E-state index contributed by atoms with van der Waals surface area (Å²) in [5.74, 6) is -0.348. The number of carbonyl (C=O) groups is 1. The number of hydrogen-bond acceptors (Lipinski definition) is 1. The Kier molecular flexibility index (Phi) is 3.79. The molecule has 1 fully saturated rings. The van der Waals surface area contributed by atoms with Crippen molar-refractivity contribution in [2.75, 3.05) is 0 Å². The quantitative estimate of drug-likeness (QED) is 0.698. The number of carbonyl (C=O) groups excluding carboxylic acids is 1. The molecule has 1 saturated carbocycles. The average molecular weight is 222 g/mol. The van der Waals surface area contributed by atoms with Crippen LogP contribution in [0.5, 0.6) is 0 Å². The summed E-state index contributed by atoms with van der Waals surface area (Å²) in [7, 11) is 0. The summed E-state index contributed by atoms with van der Waals surface area (Å²) >= 11 is 0. The maximum absolute atomic E-state index is 12.2. The number of hydrogen-bond donors (Lipinski definition) is 0. The maximum Gasteiger partial charge on any atom is 0.389 e. The first-order valence-electron chi connectivity index (χ1n) is 5.39. The first-order valence-corrected chi connectivity index (χ1v) is 5.39. The van der Waals surface area contributed by atoms with Crippen LogP contribution in [0.4, 0.5) is 13.2 Å².